The largest absolute Gasteiger partial charge is 0.384 e. The van der Waals surface area contributed by atoms with Crippen LogP contribution in [-0.4, -0.2) is 11.9 Å². The molecule has 3 N–H and O–H groups in total. The second-order valence-corrected chi connectivity index (χ2v) is 4.55. The van der Waals surface area contributed by atoms with Gasteiger partial charge in [0.1, 0.15) is 5.84 Å². The smallest absolute Gasteiger partial charge is 0.119 e. The van der Waals surface area contributed by atoms with Gasteiger partial charge in [-0.15, -0.1) is 0 Å². The highest BCUT2D eigenvalue weighted by molar-refractivity contribution is 5.91. The van der Waals surface area contributed by atoms with Gasteiger partial charge in [-0.3, -0.25) is 4.99 Å². The maximum absolute atomic E-state index is 5.83. The number of nitrogens with two attached hydrogens (primary N) is 1. The molecule has 90 valence electrons. The van der Waals surface area contributed by atoms with Gasteiger partial charge in [0.15, 0.2) is 0 Å². The van der Waals surface area contributed by atoms with Crippen LogP contribution in [0, 0.1) is 11.8 Å². The van der Waals surface area contributed by atoms with Crippen LogP contribution in [0.5, 0.6) is 0 Å². The molecule has 16 heavy (non-hydrogen) atoms. The van der Waals surface area contributed by atoms with Crippen LogP contribution < -0.4 is 11.1 Å². The number of nitrogens with one attached hydrogen (secondary N) is 1. The van der Waals surface area contributed by atoms with Crippen molar-refractivity contribution < 1.29 is 0 Å². The van der Waals surface area contributed by atoms with E-state index in [2.05, 4.69) is 30.7 Å². The maximum Gasteiger partial charge on any atom is 0.119 e. The molecule has 1 rings (SSSR count). The van der Waals surface area contributed by atoms with E-state index in [0.29, 0.717) is 17.8 Å². The van der Waals surface area contributed by atoms with E-state index < -0.39 is 0 Å². The van der Waals surface area contributed by atoms with Gasteiger partial charge in [0.05, 0.1) is 6.04 Å². The van der Waals surface area contributed by atoms with Crippen molar-refractivity contribution in [2.75, 3.05) is 0 Å². The molecule has 3 atom stereocenters. The first-order chi connectivity index (χ1) is 7.67. The highest BCUT2D eigenvalue weighted by Gasteiger charge is 2.29. The molecule has 0 aromatic carbocycles. The van der Waals surface area contributed by atoms with Gasteiger partial charge in [0, 0.05) is 6.20 Å². The molecular formula is C13H23N3. The lowest BCUT2D eigenvalue weighted by molar-refractivity contribution is 0.498. The Balaban J connectivity index is 2.51. The number of amidine groups is 1. The second-order valence-electron chi connectivity index (χ2n) is 4.55. The number of rotatable bonds is 5. The van der Waals surface area contributed by atoms with Crippen molar-refractivity contribution in [2.45, 2.75) is 39.2 Å². The number of nitrogens with zero attached hydrogens (tertiary/aromatic N) is 1. The van der Waals surface area contributed by atoms with Crippen LogP contribution in [0.3, 0.4) is 0 Å². The Morgan fingerprint density at radius 3 is 2.88 bits per heavy atom. The summed E-state index contributed by atoms with van der Waals surface area (Å²) < 4.78 is 0. The number of hydrogen-bond acceptors (Lipinski definition) is 2. The van der Waals surface area contributed by atoms with Crippen LogP contribution in [0.25, 0.3) is 0 Å². The molecule has 1 aliphatic rings. The molecule has 3 unspecified atom stereocenters. The SMILES string of the molecule is C=CN/C=C\C(N)=N/C1CC(CC)CC1C. The lowest BCUT2D eigenvalue weighted by Crippen LogP contribution is -2.16. The molecule has 0 amide bonds. The van der Waals surface area contributed by atoms with E-state index in [-0.39, 0.29) is 0 Å². The fourth-order valence-corrected chi connectivity index (χ4v) is 2.30. The zero-order valence-electron chi connectivity index (χ0n) is 10.3. The van der Waals surface area contributed by atoms with Crippen molar-refractivity contribution in [3.63, 3.8) is 0 Å². The van der Waals surface area contributed by atoms with Gasteiger partial charge in [0.2, 0.25) is 0 Å². The first kappa shape index (κ1) is 12.8. The summed E-state index contributed by atoms with van der Waals surface area (Å²) in [5, 5.41) is 2.86. The van der Waals surface area contributed by atoms with Gasteiger partial charge >= 0.3 is 0 Å². The third kappa shape index (κ3) is 3.72. The van der Waals surface area contributed by atoms with E-state index >= 15 is 0 Å². The van der Waals surface area contributed by atoms with Gasteiger partial charge in [-0.05, 0) is 37.0 Å². The molecule has 0 saturated heterocycles. The van der Waals surface area contributed by atoms with E-state index in [1.54, 1.807) is 18.5 Å². The molecule has 1 fully saturated rings. The van der Waals surface area contributed by atoms with Crippen molar-refractivity contribution in [1.29, 1.82) is 0 Å². The first-order valence-corrected chi connectivity index (χ1v) is 6.04. The summed E-state index contributed by atoms with van der Waals surface area (Å²) in [7, 11) is 0. The molecular weight excluding hydrogens is 198 g/mol. The minimum Gasteiger partial charge on any atom is -0.384 e. The Labute approximate surface area is 98.5 Å². The highest BCUT2D eigenvalue weighted by atomic mass is 14.9. The van der Waals surface area contributed by atoms with Crippen LogP contribution in [0.2, 0.25) is 0 Å². The van der Waals surface area contributed by atoms with Crippen molar-refractivity contribution >= 4 is 5.84 Å². The van der Waals surface area contributed by atoms with Crippen LogP contribution in [-0.2, 0) is 0 Å². The Hall–Kier alpha value is -1.25. The highest BCUT2D eigenvalue weighted by Crippen LogP contribution is 2.34. The monoisotopic (exact) mass is 221 g/mol. The van der Waals surface area contributed by atoms with Crippen molar-refractivity contribution in [2.24, 2.45) is 22.6 Å². The molecule has 0 heterocycles. The predicted molar refractivity (Wildman–Crippen MR) is 70.1 cm³/mol. The second kappa shape index (κ2) is 6.36. The van der Waals surface area contributed by atoms with Gasteiger partial charge in [-0.1, -0.05) is 26.8 Å². The Bertz CT molecular complexity index is 281. The normalized spacial score (nSPS) is 30.9. The molecule has 0 radical (unpaired) electrons. The van der Waals surface area contributed by atoms with Gasteiger partial charge in [-0.25, -0.2) is 0 Å². The molecule has 0 aromatic rings. The molecule has 1 saturated carbocycles. The third-order valence-corrected chi connectivity index (χ3v) is 3.30. The predicted octanol–water partition coefficient (Wildman–Crippen LogP) is 2.42. The summed E-state index contributed by atoms with van der Waals surface area (Å²) in [6, 6.07) is 0.401. The molecule has 3 heteroatoms. The van der Waals surface area contributed by atoms with Crippen LogP contribution in [0.4, 0.5) is 0 Å². The number of hydrogen-bond donors (Lipinski definition) is 2. The zero-order chi connectivity index (χ0) is 12.0. The fraction of sp³-hybridized carbons (Fsp3) is 0.615. The van der Waals surface area contributed by atoms with Crippen molar-refractivity contribution in [3.8, 4) is 0 Å². The summed E-state index contributed by atoms with van der Waals surface area (Å²) >= 11 is 0. The van der Waals surface area contributed by atoms with E-state index in [9.17, 15) is 0 Å². The average molecular weight is 221 g/mol. The maximum atomic E-state index is 5.83. The molecule has 1 aliphatic carbocycles. The van der Waals surface area contributed by atoms with Gasteiger partial charge < -0.3 is 11.1 Å². The van der Waals surface area contributed by atoms with Crippen LogP contribution >= 0.6 is 0 Å². The van der Waals surface area contributed by atoms with E-state index in [1.807, 2.05) is 0 Å². The van der Waals surface area contributed by atoms with Crippen LogP contribution in [0.15, 0.2) is 30.0 Å². The zero-order valence-corrected chi connectivity index (χ0v) is 10.3. The molecule has 3 nitrogen and oxygen atoms in total. The number of aliphatic imine (C=N–C) groups is 1. The minimum atomic E-state index is 0.401. The molecule has 0 bridgehead atoms. The topological polar surface area (TPSA) is 50.4 Å². The van der Waals surface area contributed by atoms with Gasteiger partial charge in [-0.2, -0.15) is 0 Å². The van der Waals surface area contributed by atoms with Gasteiger partial charge in [0.25, 0.3) is 0 Å². The minimum absolute atomic E-state index is 0.401. The van der Waals surface area contributed by atoms with E-state index in [1.165, 1.54) is 19.3 Å². The quantitative estimate of drug-likeness (QED) is 0.553. The summed E-state index contributed by atoms with van der Waals surface area (Å²) in [5.74, 6) is 2.08. The fourth-order valence-electron chi connectivity index (χ4n) is 2.30. The van der Waals surface area contributed by atoms with E-state index in [0.717, 1.165) is 5.92 Å². The lowest BCUT2D eigenvalue weighted by atomic mass is 10.0. The third-order valence-electron chi connectivity index (χ3n) is 3.30. The average Bonchev–Trinajstić information content (AvgIpc) is 2.60. The summed E-state index contributed by atoms with van der Waals surface area (Å²) in [5.41, 5.74) is 5.83. The molecule has 0 aromatic heterocycles. The Morgan fingerprint density at radius 1 is 1.56 bits per heavy atom. The Morgan fingerprint density at radius 2 is 2.31 bits per heavy atom. The summed E-state index contributed by atoms with van der Waals surface area (Å²) in [6.07, 6.45) is 8.86. The molecule has 0 spiro atoms. The Kier molecular flexibility index (Phi) is 5.09. The first-order valence-electron chi connectivity index (χ1n) is 6.04. The lowest BCUT2D eigenvalue weighted by Gasteiger charge is -2.09. The van der Waals surface area contributed by atoms with E-state index in [4.69, 9.17) is 5.73 Å². The summed E-state index contributed by atoms with van der Waals surface area (Å²) in [6.45, 7) is 8.07. The van der Waals surface area contributed by atoms with Crippen molar-refractivity contribution in [3.05, 3.63) is 25.1 Å². The standard InChI is InChI=1S/C13H23N3/c1-4-11-8-10(3)12(9-11)16-13(14)6-7-15-5-2/h5-7,10-12,15H,2,4,8-9H2,1,3H3,(H2,14,16)/b7-6-. The molecule has 0 aliphatic heterocycles. The van der Waals surface area contributed by atoms with Crippen LogP contribution in [0.1, 0.15) is 33.1 Å². The van der Waals surface area contributed by atoms with Crippen molar-refractivity contribution in [1.82, 2.24) is 5.32 Å². The summed E-state index contributed by atoms with van der Waals surface area (Å²) in [4.78, 5) is 4.56.